The summed E-state index contributed by atoms with van der Waals surface area (Å²) in [6.07, 6.45) is 5.64. The van der Waals surface area contributed by atoms with Crippen molar-refractivity contribution < 1.29 is 9.53 Å². The molecule has 26 heavy (non-hydrogen) atoms. The minimum atomic E-state index is -0.0761. The first-order valence-corrected chi connectivity index (χ1v) is 9.68. The molecule has 0 bridgehead atoms. The molecule has 1 amide bonds. The Morgan fingerprint density at radius 2 is 1.81 bits per heavy atom. The van der Waals surface area contributed by atoms with Crippen molar-refractivity contribution in [3.8, 4) is 5.75 Å². The van der Waals surface area contributed by atoms with E-state index in [1.807, 2.05) is 6.07 Å². The van der Waals surface area contributed by atoms with Crippen molar-refractivity contribution in [3.63, 3.8) is 0 Å². The van der Waals surface area contributed by atoms with Gasteiger partial charge in [0.25, 0.3) is 5.91 Å². The molecule has 0 saturated heterocycles. The van der Waals surface area contributed by atoms with Crippen molar-refractivity contribution in [3.05, 3.63) is 64.2 Å². The summed E-state index contributed by atoms with van der Waals surface area (Å²) in [6, 6.07) is 12.6. The van der Waals surface area contributed by atoms with Crippen molar-refractivity contribution in [1.29, 1.82) is 0 Å². The van der Waals surface area contributed by atoms with E-state index in [-0.39, 0.29) is 18.6 Å². The third-order valence-corrected chi connectivity index (χ3v) is 5.37. The Bertz CT molecular complexity index is 782. The number of hydrogen-bond acceptors (Lipinski definition) is 2. The van der Waals surface area contributed by atoms with E-state index in [1.165, 1.54) is 35.1 Å². The molecule has 1 aliphatic carbocycles. The van der Waals surface area contributed by atoms with Gasteiger partial charge in [-0.05, 0) is 85.9 Å². The lowest BCUT2D eigenvalue weighted by Gasteiger charge is -2.19. The van der Waals surface area contributed by atoms with Crippen LogP contribution in [0.3, 0.4) is 0 Å². The summed E-state index contributed by atoms with van der Waals surface area (Å²) in [7, 11) is 0. The first kappa shape index (κ1) is 18.5. The molecule has 0 unspecified atom stereocenters. The zero-order chi connectivity index (χ0) is 18.5. The maximum atomic E-state index is 12.4. The summed E-state index contributed by atoms with van der Waals surface area (Å²) in [6.45, 7) is 6.35. The molecule has 3 rings (SSSR count). The van der Waals surface area contributed by atoms with Gasteiger partial charge in [0.05, 0.1) is 6.04 Å². The van der Waals surface area contributed by atoms with Crippen LogP contribution in [-0.2, 0) is 17.6 Å². The highest BCUT2D eigenvalue weighted by molar-refractivity contribution is 5.78. The van der Waals surface area contributed by atoms with E-state index in [9.17, 15) is 4.79 Å². The van der Waals surface area contributed by atoms with Crippen LogP contribution < -0.4 is 10.1 Å². The van der Waals surface area contributed by atoms with Gasteiger partial charge in [-0.2, -0.15) is 0 Å². The highest BCUT2D eigenvalue weighted by Crippen LogP contribution is 2.25. The molecule has 3 heteroatoms. The van der Waals surface area contributed by atoms with E-state index in [0.717, 1.165) is 30.6 Å². The fraction of sp³-hybridized carbons (Fsp3) is 0.435. The van der Waals surface area contributed by atoms with Crippen LogP contribution in [0.4, 0.5) is 0 Å². The van der Waals surface area contributed by atoms with Gasteiger partial charge < -0.3 is 10.1 Å². The number of hydrogen-bond donors (Lipinski definition) is 1. The second-order valence-corrected chi connectivity index (χ2v) is 7.30. The number of nitrogens with one attached hydrogen (secondary N) is 1. The largest absolute Gasteiger partial charge is 0.484 e. The number of aryl methyl sites for hydroxylation is 4. The van der Waals surface area contributed by atoms with Gasteiger partial charge in [-0.3, -0.25) is 4.79 Å². The molecule has 0 saturated carbocycles. The van der Waals surface area contributed by atoms with Crippen molar-refractivity contribution in [2.45, 2.75) is 58.9 Å². The maximum absolute atomic E-state index is 12.4. The van der Waals surface area contributed by atoms with Gasteiger partial charge in [-0.15, -0.1) is 0 Å². The average molecular weight is 351 g/mol. The van der Waals surface area contributed by atoms with E-state index >= 15 is 0 Å². The molecule has 0 aromatic heterocycles. The average Bonchev–Trinajstić information content (AvgIpc) is 2.66. The van der Waals surface area contributed by atoms with Gasteiger partial charge in [-0.25, -0.2) is 0 Å². The third kappa shape index (κ3) is 4.46. The van der Waals surface area contributed by atoms with Crippen molar-refractivity contribution in [2.75, 3.05) is 6.61 Å². The second kappa shape index (κ2) is 8.39. The first-order chi connectivity index (χ1) is 12.6. The van der Waals surface area contributed by atoms with Crippen molar-refractivity contribution >= 4 is 5.91 Å². The highest BCUT2D eigenvalue weighted by atomic mass is 16.5. The van der Waals surface area contributed by atoms with Crippen LogP contribution in [0.2, 0.25) is 0 Å². The molecule has 2 aromatic carbocycles. The zero-order valence-corrected chi connectivity index (χ0v) is 16.1. The molecule has 0 spiro atoms. The maximum Gasteiger partial charge on any atom is 0.258 e. The Morgan fingerprint density at radius 3 is 2.54 bits per heavy atom. The van der Waals surface area contributed by atoms with Crippen LogP contribution >= 0.6 is 0 Å². The summed E-state index contributed by atoms with van der Waals surface area (Å²) in [4.78, 5) is 12.4. The lowest BCUT2D eigenvalue weighted by Crippen LogP contribution is -2.32. The van der Waals surface area contributed by atoms with Gasteiger partial charge in [0.1, 0.15) is 5.75 Å². The standard InChI is InChI=1S/C23H29NO2/c1-4-22(20-10-9-16(2)17(3)13-20)24-23(25)15-26-21-12-11-18-7-5-6-8-19(18)14-21/h9-14,22H,4-8,15H2,1-3H3,(H,24,25)/t22-/m1/s1. The number of ether oxygens (including phenoxy) is 1. The Labute approximate surface area is 156 Å². The van der Waals surface area contributed by atoms with E-state index in [2.05, 4.69) is 56.4 Å². The van der Waals surface area contributed by atoms with Gasteiger partial charge in [0, 0.05) is 0 Å². The fourth-order valence-corrected chi connectivity index (χ4v) is 3.59. The summed E-state index contributed by atoms with van der Waals surface area (Å²) < 4.78 is 5.75. The van der Waals surface area contributed by atoms with Gasteiger partial charge in [0.15, 0.2) is 6.61 Å². The molecular formula is C23H29NO2. The van der Waals surface area contributed by atoms with Crippen LogP contribution in [0.25, 0.3) is 0 Å². The van der Waals surface area contributed by atoms with Crippen LogP contribution in [0.5, 0.6) is 5.75 Å². The summed E-state index contributed by atoms with van der Waals surface area (Å²) in [5.74, 6) is 0.716. The van der Waals surface area contributed by atoms with Crippen LogP contribution in [0, 0.1) is 13.8 Å². The summed E-state index contributed by atoms with van der Waals surface area (Å²) in [5.41, 5.74) is 6.47. The monoisotopic (exact) mass is 351 g/mol. The van der Waals surface area contributed by atoms with Gasteiger partial charge in [-0.1, -0.05) is 31.2 Å². The molecule has 0 radical (unpaired) electrons. The highest BCUT2D eigenvalue weighted by Gasteiger charge is 2.15. The van der Waals surface area contributed by atoms with Crippen LogP contribution in [0.1, 0.15) is 60.0 Å². The minimum Gasteiger partial charge on any atom is -0.484 e. The lowest BCUT2D eigenvalue weighted by molar-refractivity contribution is -0.123. The molecule has 1 aliphatic rings. The molecule has 1 atom stereocenters. The van der Waals surface area contributed by atoms with E-state index in [0.29, 0.717) is 0 Å². The molecular weight excluding hydrogens is 322 g/mol. The van der Waals surface area contributed by atoms with Crippen LogP contribution in [-0.4, -0.2) is 12.5 Å². The smallest absolute Gasteiger partial charge is 0.258 e. The third-order valence-electron chi connectivity index (χ3n) is 5.37. The van der Waals surface area contributed by atoms with Gasteiger partial charge >= 0.3 is 0 Å². The number of amides is 1. The predicted octanol–water partition coefficient (Wildman–Crippen LogP) is 4.83. The molecule has 3 nitrogen and oxygen atoms in total. The number of fused-ring (bicyclic) bond motifs is 1. The number of rotatable bonds is 6. The molecule has 0 fully saturated rings. The Kier molecular flexibility index (Phi) is 5.97. The molecule has 0 aliphatic heterocycles. The molecule has 138 valence electrons. The fourth-order valence-electron chi connectivity index (χ4n) is 3.59. The van der Waals surface area contributed by atoms with E-state index < -0.39 is 0 Å². The van der Waals surface area contributed by atoms with Crippen molar-refractivity contribution in [1.82, 2.24) is 5.32 Å². The lowest BCUT2D eigenvalue weighted by atomic mass is 9.92. The molecule has 2 aromatic rings. The SMILES string of the molecule is CC[C@@H](NC(=O)COc1ccc2c(c1)CCCC2)c1ccc(C)c(C)c1. The van der Waals surface area contributed by atoms with Crippen LogP contribution in [0.15, 0.2) is 36.4 Å². The number of benzene rings is 2. The Balaban J connectivity index is 1.58. The topological polar surface area (TPSA) is 38.3 Å². The quantitative estimate of drug-likeness (QED) is 0.809. The van der Waals surface area contributed by atoms with Gasteiger partial charge in [0.2, 0.25) is 0 Å². The number of carbonyl (C=O) groups is 1. The first-order valence-electron chi connectivity index (χ1n) is 9.68. The zero-order valence-electron chi connectivity index (χ0n) is 16.1. The minimum absolute atomic E-state index is 0.0222. The Hall–Kier alpha value is -2.29. The predicted molar refractivity (Wildman–Crippen MR) is 106 cm³/mol. The normalized spacial score (nSPS) is 14.4. The summed E-state index contributed by atoms with van der Waals surface area (Å²) >= 11 is 0. The second-order valence-electron chi connectivity index (χ2n) is 7.30. The van der Waals surface area contributed by atoms with E-state index in [1.54, 1.807) is 0 Å². The number of carbonyl (C=O) groups excluding carboxylic acids is 1. The van der Waals surface area contributed by atoms with E-state index in [4.69, 9.17) is 4.74 Å². The summed E-state index contributed by atoms with van der Waals surface area (Å²) in [5, 5.41) is 3.10. The Morgan fingerprint density at radius 1 is 1.04 bits per heavy atom. The molecule has 1 N–H and O–H groups in total. The molecule has 0 heterocycles. The van der Waals surface area contributed by atoms with Crippen molar-refractivity contribution in [2.24, 2.45) is 0 Å².